The number of hydrogen-bond donors (Lipinski definition) is 2. The summed E-state index contributed by atoms with van der Waals surface area (Å²) in [4.78, 5) is 21.8. The van der Waals surface area contributed by atoms with Gasteiger partial charge in [-0.3, -0.25) is 9.78 Å². The molecule has 1 amide bonds. The molecule has 0 aliphatic rings. The van der Waals surface area contributed by atoms with E-state index in [0.717, 1.165) is 25.2 Å². The molecule has 1 aromatic heterocycles. The zero-order valence-electron chi connectivity index (χ0n) is 14.4. The van der Waals surface area contributed by atoms with Gasteiger partial charge in [-0.1, -0.05) is 19.9 Å². The van der Waals surface area contributed by atoms with Crippen LogP contribution in [0.2, 0.25) is 0 Å². The van der Waals surface area contributed by atoms with Crippen molar-refractivity contribution in [3.8, 4) is 0 Å². The molecule has 0 bridgehead atoms. The second kappa shape index (κ2) is 12.1. The standard InChI is InChI=1S/C16H27N5O.HI/c1-13(2)11-19-16(20-12-15(22)21(3)4)18-10-8-14-7-5-6-9-17-14;/h5-7,9,13H,8,10-12H2,1-4H3,(H2,18,19,20);1H. The van der Waals surface area contributed by atoms with Crippen molar-refractivity contribution in [2.45, 2.75) is 20.3 Å². The predicted octanol–water partition coefficient (Wildman–Crippen LogP) is 1.52. The molecule has 1 rings (SSSR count). The van der Waals surface area contributed by atoms with Gasteiger partial charge in [0.25, 0.3) is 0 Å². The number of carbonyl (C=O) groups excluding carboxylic acids is 1. The number of rotatable bonds is 7. The van der Waals surface area contributed by atoms with E-state index < -0.39 is 0 Å². The molecule has 6 nitrogen and oxygen atoms in total. The SMILES string of the molecule is CC(C)CNC(=NCC(=O)N(C)C)NCCc1ccccn1.I. The van der Waals surface area contributed by atoms with Gasteiger partial charge in [0, 0.05) is 45.5 Å². The van der Waals surface area contributed by atoms with E-state index in [4.69, 9.17) is 0 Å². The van der Waals surface area contributed by atoms with Crippen molar-refractivity contribution >= 4 is 35.8 Å². The summed E-state index contributed by atoms with van der Waals surface area (Å²) in [7, 11) is 3.46. The molecular weight excluding hydrogens is 405 g/mol. The van der Waals surface area contributed by atoms with E-state index in [1.54, 1.807) is 20.3 Å². The topological polar surface area (TPSA) is 69.6 Å². The Morgan fingerprint density at radius 2 is 2.04 bits per heavy atom. The van der Waals surface area contributed by atoms with Gasteiger partial charge in [-0.15, -0.1) is 24.0 Å². The average molecular weight is 433 g/mol. The van der Waals surface area contributed by atoms with Crippen LogP contribution in [0.3, 0.4) is 0 Å². The third-order valence-corrected chi connectivity index (χ3v) is 2.95. The van der Waals surface area contributed by atoms with Crippen molar-refractivity contribution in [2.24, 2.45) is 10.9 Å². The largest absolute Gasteiger partial charge is 0.356 e. The number of nitrogens with one attached hydrogen (secondary N) is 2. The Hall–Kier alpha value is -1.38. The maximum absolute atomic E-state index is 11.6. The Kier molecular flexibility index (Phi) is 11.4. The highest BCUT2D eigenvalue weighted by Gasteiger charge is 2.05. The number of aromatic nitrogens is 1. The molecule has 2 N–H and O–H groups in total. The van der Waals surface area contributed by atoms with Gasteiger partial charge in [0.1, 0.15) is 6.54 Å². The van der Waals surface area contributed by atoms with Gasteiger partial charge in [-0.2, -0.15) is 0 Å². The molecule has 0 aliphatic heterocycles. The van der Waals surface area contributed by atoms with Crippen LogP contribution < -0.4 is 10.6 Å². The number of hydrogen-bond acceptors (Lipinski definition) is 3. The minimum absolute atomic E-state index is 0. The van der Waals surface area contributed by atoms with Gasteiger partial charge in [0.15, 0.2) is 5.96 Å². The first-order chi connectivity index (χ1) is 10.5. The van der Waals surface area contributed by atoms with E-state index in [2.05, 4.69) is 34.5 Å². The molecule has 0 aromatic carbocycles. The summed E-state index contributed by atoms with van der Waals surface area (Å²) in [5.74, 6) is 1.16. The van der Waals surface area contributed by atoms with E-state index >= 15 is 0 Å². The van der Waals surface area contributed by atoms with Crippen LogP contribution in [0.5, 0.6) is 0 Å². The molecule has 0 saturated heterocycles. The van der Waals surface area contributed by atoms with Gasteiger partial charge < -0.3 is 15.5 Å². The third-order valence-electron chi connectivity index (χ3n) is 2.95. The zero-order valence-corrected chi connectivity index (χ0v) is 16.7. The first-order valence-corrected chi connectivity index (χ1v) is 7.61. The van der Waals surface area contributed by atoms with Gasteiger partial charge in [-0.05, 0) is 18.1 Å². The minimum atomic E-state index is -0.0182. The third kappa shape index (κ3) is 10.1. The summed E-state index contributed by atoms with van der Waals surface area (Å²) >= 11 is 0. The molecule has 130 valence electrons. The second-order valence-electron chi connectivity index (χ2n) is 5.73. The van der Waals surface area contributed by atoms with Gasteiger partial charge in [0.2, 0.25) is 5.91 Å². The van der Waals surface area contributed by atoms with Crippen molar-refractivity contribution in [3.63, 3.8) is 0 Å². The molecule has 0 radical (unpaired) electrons. The fourth-order valence-corrected chi connectivity index (χ4v) is 1.62. The highest BCUT2D eigenvalue weighted by molar-refractivity contribution is 14.0. The summed E-state index contributed by atoms with van der Waals surface area (Å²) in [5.41, 5.74) is 1.03. The van der Waals surface area contributed by atoms with Crippen molar-refractivity contribution in [1.29, 1.82) is 0 Å². The van der Waals surface area contributed by atoms with E-state index in [1.807, 2.05) is 18.2 Å². The quantitative estimate of drug-likeness (QED) is 0.389. The molecule has 23 heavy (non-hydrogen) atoms. The van der Waals surface area contributed by atoms with Crippen molar-refractivity contribution < 1.29 is 4.79 Å². The zero-order chi connectivity index (χ0) is 16.4. The van der Waals surface area contributed by atoms with Crippen LogP contribution in [0.1, 0.15) is 19.5 Å². The first kappa shape index (κ1) is 21.6. The van der Waals surface area contributed by atoms with Crippen LogP contribution in [0.4, 0.5) is 0 Å². The Morgan fingerprint density at radius 3 is 2.61 bits per heavy atom. The molecular formula is C16H28IN5O. The summed E-state index contributed by atoms with van der Waals surface area (Å²) in [6.45, 7) is 5.93. The van der Waals surface area contributed by atoms with E-state index in [9.17, 15) is 4.79 Å². The molecule has 0 saturated carbocycles. The summed E-state index contributed by atoms with van der Waals surface area (Å²) in [6.07, 6.45) is 2.60. The predicted molar refractivity (Wildman–Crippen MR) is 105 cm³/mol. The van der Waals surface area contributed by atoms with Crippen LogP contribution >= 0.6 is 24.0 Å². The van der Waals surface area contributed by atoms with Crippen LogP contribution in [-0.2, 0) is 11.2 Å². The fraction of sp³-hybridized carbons (Fsp3) is 0.562. The molecule has 0 aliphatic carbocycles. The van der Waals surface area contributed by atoms with Gasteiger partial charge in [0.05, 0.1) is 0 Å². The number of amides is 1. The Bertz CT molecular complexity index is 477. The highest BCUT2D eigenvalue weighted by atomic mass is 127. The van der Waals surface area contributed by atoms with Crippen LogP contribution in [0.15, 0.2) is 29.4 Å². The summed E-state index contributed by atoms with van der Waals surface area (Å²) < 4.78 is 0. The Morgan fingerprint density at radius 1 is 1.30 bits per heavy atom. The summed E-state index contributed by atoms with van der Waals surface area (Å²) in [5, 5.41) is 6.49. The minimum Gasteiger partial charge on any atom is -0.356 e. The number of likely N-dealkylation sites (N-methyl/N-ethyl adjacent to an activating group) is 1. The maximum Gasteiger partial charge on any atom is 0.243 e. The van der Waals surface area contributed by atoms with E-state index in [-0.39, 0.29) is 36.4 Å². The lowest BCUT2D eigenvalue weighted by Gasteiger charge is -2.15. The molecule has 7 heteroatoms. The monoisotopic (exact) mass is 433 g/mol. The Balaban J connectivity index is 0.00000484. The number of nitrogens with zero attached hydrogens (tertiary/aromatic N) is 3. The highest BCUT2D eigenvalue weighted by Crippen LogP contribution is 1.93. The molecule has 0 spiro atoms. The summed E-state index contributed by atoms with van der Waals surface area (Å²) in [6, 6.07) is 5.88. The lowest BCUT2D eigenvalue weighted by Crippen LogP contribution is -2.41. The smallest absolute Gasteiger partial charge is 0.243 e. The lowest BCUT2D eigenvalue weighted by molar-refractivity contribution is -0.127. The number of guanidine groups is 1. The lowest BCUT2D eigenvalue weighted by atomic mass is 10.2. The van der Waals surface area contributed by atoms with Gasteiger partial charge in [-0.25, -0.2) is 4.99 Å². The number of pyridine rings is 1. The van der Waals surface area contributed by atoms with Crippen molar-refractivity contribution in [1.82, 2.24) is 20.5 Å². The molecule has 0 unspecified atom stereocenters. The normalized spacial score (nSPS) is 10.9. The molecule has 1 aromatic rings. The van der Waals surface area contributed by atoms with Crippen LogP contribution in [-0.4, -0.2) is 55.5 Å². The fourth-order valence-electron chi connectivity index (χ4n) is 1.62. The van der Waals surface area contributed by atoms with Crippen LogP contribution in [0.25, 0.3) is 0 Å². The average Bonchev–Trinajstić information content (AvgIpc) is 2.49. The maximum atomic E-state index is 11.6. The first-order valence-electron chi connectivity index (χ1n) is 7.61. The van der Waals surface area contributed by atoms with Gasteiger partial charge >= 0.3 is 0 Å². The van der Waals surface area contributed by atoms with Crippen molar-refractivity contribution in [3.05, 3.63) is 30.1 Å². The molecule has 0 atom stereocenters. The molecule has 1 heterocycles. The van der Waals surface area contributed by atoms with E-state index in [1.165, 1.54) is 4.90 Å². The van der Waals surface area contributed by atoms with E-state index in [0.29, 0.717) is 11.9 Å². The number of carbonyl (C=O) groups is 1. The Labute approximate surface area is 156 Å². The molecule has 0 fully saturated rings. The second-order valence-corrected chi connectivity index (χ2v) is 5.73. The van der Waals surface area contributed by atoms with Crippen LogP contribution in [0, 0.1) is 5.92 Å². The number of halogens is 1. The van der Waals surface area contributed by atoms with Crippen molar-refractivity contribution in [2.75, 3.05) is 33.7 Å². The number of aliphatic imine (C=N–C) groups is 1.